The van der Waals surface area contributed by atoms with Crippen molar-refractivity contribution in [3.05, 3.63) is 35.9 Å². The highest BCUT2D eigenvalue weighted by atomic mass is 16.6. The molecule has 3 heteroatoms. The summed E-state index contributed by atoms with van der Waals surface area (Å²) in [4.78, 5) is 5.33. The SMILES string of the molecule is C/C(=N\OCc1ccccc1)C1(O)CCCCC1. The maximum atomic E-state index is 10.4. The molecule has 1 aliphatic rings. The van der Waals surface area contributed by atoms with E-state index in [0.717, 1.165) is 31.2 Å². The summed E-state index contributed by atoms with van der Waals surface area (Å²) in [6.45, 7) is 2.31. The van der Waals surface area contributed by atoms with Crippen LogP contribution < -0.4 is 0 Å². The molecule has 0 bridgehead atoms. The average molecular weight is 247 g/mol. The molecule has 0 spiro atoms. The molecule has 3 nitrogen and oxygen atoms in total. The Kier molecular flexibility index (Phi) is 4.37. The number of rotatable bonds is 4. The standard InChI is InChI=1S/C15H21NO2/c1-13(15(17)10-6-3-7-11-15)16-18-12-14-8-4-2-5-9-14/h2,4-5,8-9,17H,3,6-7,10-12H2,1H3/b16-13+. The fourth-order valence-electron chi connectivity index (χ4n) is 2.36. The minimum absolute atomic E-state index is 0.453. The molecule has 18 heavy (non-hydrogen) atoms. The lowest BCUT2D eigenvalue weighted by atomic mass is 9.82. The molecule has 1 aromatic carbocycles. The maximum Gasteiger partial charge on any atom is 0.142 e. The molecule has 0 radical (unpaired) electrons. The van der Waals surface area contributed by atoms with Gasteiger partial charge >= 0.3 is 0 Å². The normalized spacial score (nSPS) is 19.6. The molecule has 0 aromatic heterocycles. The minimum atomic E-state index is -0.741. The molecule has 2 rings (SSSR count). The quantitative estimate of drug-likeness (QED) is 0.655. The van der Waals surface area contributed by atoms with Crippen molar-refractivity contribution in [2.45, 2.75) is 51.2 Å². The third-order valence-corrected chi connectivity index (χ3v) is 3.63. The van der Waals surface area contributed by atoms with Crippen LogP contribution in [0.15, 0.2) is 35.5 Å². The topological polar surface area (TPSA) is 41.8 Å². The predicted octanol–water partition coefficient (Wildman–Crippen LogP) is 3.27. The summed E-state index contributed by atoms with van der Waals surface area (Å²) in [7, 11) is 0. The van der Waals surface area contributed by atoms with Crippen molar-refractivity contribution >= 4 is 5.71 Å². The van der Waals surface area contributed by atoms with Crippen molar-refractivity contribution in [3.63, 3.8) is 0 Å². The molecule has 1 N–H and O–H groups in total. The second-order valence-corrected chi connectivity index (χ2v) is 5.03. The first-order chi connectivity index (χ1) is 8.71. The van der Waals surface area contributed by atoms with E-state index < -0.39 is 5.60 Å². The van der Waals surface area contributed by atoms with Crippen LogP contribution in [0.4, 0.5) is 0 Å². The number of oxime groups is 1. The minimum Gasteiger partial charge on any atom is -0.391 e. The summed E-state index contributed by atoms with van der Waals surface area (Å²) in [5.41, 5.74) is 1.05. The molecule has 0 amide bonds. The summed E-state index contributed by atoms with van der Waals surface area (Å²) in [6, 6.07) is 9.93. The van der Waals surface area contributed by atoms with Crippen LogP contribution >= 0.6 is 0 Å². The van der Waals surface area contributed by atoms with Gasteiger partial charge in [-0.2, -0.15) is 0 Å². The first kappa shape index (κ1) is 13.1. The average Bonchev–Trinajstić information content (AvgIpc) is 2.41. The van der Waals surface area contributed by atoms with Crippen molar-refractivity contribution in [3.8, 4) is 0 Å². The Balaban J connectivity index is 1.88. The molecule has 0 heterocycles. The second-order valence-electron chi connectivity index (χ2n) is 5.03. The number of hydrogen-bond acceptors (Lipinski definition) is 3. The zero-order chi connectivity index (χ0) is 12.8. The Hall–Kier alpha value is -1.35. The van der Waals surface area contributed by atoms with Crippen molar-refractivity contribution in [2.24, 2.45) is 5.16 Å². The van der Waals surface area contributed by atoms with Gasteiger partial charge in [0.05, 0.1) is 5.71 Å². The lowest BCUT2D eigenvalue weighted by Crippen LogP contribution is -2.39. The number of aliphatic hydroxyl groups is 1. The van der Waals surface area contributed by atoms with Crippen molar-refractivity contribution < 1.29 is 9.94 Å². The molecule has 1 saturated carbocycles. The van der Waals surface area contributed by atoms with Crippen LogP contribution in [0.3, 0.4) is 0 Å². The number of hydrogen-bond donors (Lipinski definition) is 1. The van der Waals surface area contributed by atoms with Gasteiger partial charge in [0.2, 0.25) is 0 Å². The van der Waals surface area contributed by atoms with Gasteiger partial charge in [-0.3, -0.25) is 0 Å². The van der Waals surface area contributed by atoms with E-state index in [1.165, 1.54) is 6.42 Å². The zero-order valence-electron chi connectivity index (χ0n) is 10.9. The fourth-order valence-corrected chi connectivity index (χ4v) is 2.36. The van der Waals surface area contributed by atoms with Gasteiger partial charge in [-0.15, -0.1) is 0 Å². The first-order valence-corrected chi connectivity index (χ1v) is 6.64. The van der Waals surface area contributed by atoms with Crippen LogP contribution in [0.25, 0.3) is 0 Å². The highest BCUT2D eigenvalue weighted by Gasteiger charge is 2.32. The molecule has 98 valence electrons. The van der Waals surface area contributed by atoms with E-state index in [1.54, 1.807) is 0 Å². The maximum absolute atomic E-state index is 10.4. The van der Waals surface area contributed by atoms with Gasteiger partial charge in [-0.1, -0.05) is 54.8 Å². The molecule has 0 aliphatic heterocycles. The van der Waals surface area contributed by atoms with Gasteiger partial charge in [0.15, 0.2) is 0 Å². The van der Waals surface area contributed by atoms with E-state index in [0.29, 0.717) is 12.3 Å². The Morgan fingerprint density at radius 1 is 1.22 bits per heavy atom. The third kappa shape index (κ3) is 3.33. The van der Waals surface area contributed by atoms with Crippen LogP contribution in [0.1, 0.15) is 44.6 Å². The van der Waals surface area contributed by atoms with Crippen LogP contribution in [0.2, 0.25) is 0 Å². The van der Waals surface area contributed by atoms with Crippen LogP contribution in [0.5, 0.6) is 0 Å². The van der Waals surface area contributed by atoms with Gasteiger partial charge in [-0.05, 0) is 25.3 Å². The molecule has 1 aliphatic carbocycles. The predicted molar refractivity (Wildman–Crippen MR) is 72.4 cm³/mol. The van der Waals surface area contributed by atoms with Crippen molar-refractivity contribution in [2.75, 3.05) is 0 Å². The fraction of sp³-hybridized carbons (Fsp3) is 0.533. The lowest BCUT2D eigenvalue weighted by molar-refractivity contribution is 0.0590. The largest absolute Gasteiger partial charge is 0.391 e. The summed E-state index contributed by atoms with van der Waals surface area (Å²) in [5, 5.41) is 14.5. The zero-order valence-corrected chi connectivity index (χ0v) is 10.9. The Bertz CT molecular complexity index is 394. The second kappa shape index (κ2) is 6.01. The summed E-state index contributed by atoms with van der Waals surface area (Å²) < 4.78 is 0. The van der Waals surface area contributed by atoms with Gasteiger partial charge in [0.1, 0.15) is 12.2 Å². The van der Waals surface area contributed by atoms with Crippen molar-refractivity contribution in [1.29, 1.82) is 0 Å². The third-order valence-electron chi connectivity index (χ3n) is 3.63. The molecule has 1 aromatic rings. The summed E-state index contributed by atoms with van der Waals surface area (Å²) in [5.74, 6) is 0. The molecular formula is C15H21NO2. The summed E-state index contributed by atoms with van der Waals surface area (Å²) in [6.07, 6.45) is 4.96. The monoisotopic (exact) mass is 247 g/mol. The highest BCUT2D eigenvalue weighted by molar-refractivity contribution is 5.89. The summed E-state index contributed by atoms with van der Waals surface area (Å²) >= 11 is 0. The Morgan fingerprint density at radius 2 is 1.89 bits per heavy atom. The van der Waals surface area contributed by atoms with Crippen molar-refractivity contribution in [1.82, 2.24) is 0 Å². The lowest BCUT2D eigenvalue weighted by Gasteiger charge is -2.31. The van der Waals surface area contributed by atoms with Gasteiger partial charge < -0.3 is 9.94 Å². The van der Waals surface area contributed by atoms with Crippen LogP contribution in [-0.4, -0.2) is 16.4 Å². The van der Waals surface area contributed by atoms with E-state index in [2.05, 4.69) is 5.16 Å². The highest BCUT2D eigenvalue weighted by Crippen LogP contribution is 2.29. The molecule has 1 fully saturated rings. The Labute approximate surface area is 108 Å². The van der Waals surface area contributed by atoms with E-state index in [9.17, 15) is 5.11 Å². The Morgan fingerprint density at radius 3 is 2.56 bits per heavy atom. The molecule has 0 unspecified atom stereocenters. The van der Waals surface area contributed by atoms with Crippen LogP contribution in [-0.2, 0) is 11.4 Å². The van der Waals surface area contributed by atoms with E-state index in [4.69, 9.17) is 4.84 Å². The number of benzene rings is 1. The van der Waals surface area contributed by atoms with E-state index >= 15 is 0 Å². The van der Waals surface area contributed by atoms with Crippen LogP contribution in [0, 0.1) is 0 Å². The smallest absolute Gasteiger partial charge is 0.142 e. The van der Waals surface area contributed by atoms with E-state index in [1.807, 2.05) is 37.3 Å². The van der Waals surface area contributed by atoms with Gasteiger partial charge in [0, 0.05) is 0 Å². The van der Waals surface area contributed by atoms with Gasteiger partial charge in [-0.25, -0.2) is 0 Å². The first-order valence-electron chi connectivity index (χ1n) is 6.64. The van der Waals surface area contributed by atoms with Gasteiger partial charge in [0.25, 0.3) is 0 Å². The van der Waals surface area contributed by atoms with E-state index in [-0.39, 0.29) is 0 Å². The molecular weight excluding hydrogens is 226 g/mol. The molecule has 0 atom stereocenters. The molecule has 0 saturated heterocycles. The number of nitrogens with zero attached hydrogens (tertiary/aromatic N) is 1.